The topological polar surface area (TPSA) is 69.4 Å². The van der Waals surface area contributed by atoms with Crippen LogP contribution >= 0.6 is 0 Å². The lowest BCUT2D eigenvalue weighted by Gasteiger charge is -2.25. The lowest BCUT2D eigenvalue weighted by molar-refractivity contribution is 0.177. The monoisotopic (exact) mass is 259 g/mol. The molecule has 94 valence electrons. The van der Waals surface area contributed by atoms with Crippen molar-refractivity contribution in [1.82, 2.24) is 0 Å². The van der Waals surface area contributed by atoms with E-state index >= 15 is 0 Å². The van der Waals surface area contributed by atoms with E-state index in [0.717, 1.165) is 25.0 Å². The Labute approximate surface area is 99.6 Å². The lowest BCUT2D eigenvalue weighted by atomic mass is 9.86. The van der Waals surface area contributed by atoms with Crippen LogP contribution in [0.25, 0.3) is 0 Å². The zero-order valence-corrected chi connectivity index (χ0v) is 10.0. The van der Waals surface area contributed by atoms with E-state index in [0.29, 0.717) is 12.5 Å². The summed E-state index contributed by atoms with van der Waals surface area (Å²) in [4.78, 5) is -0.295. The molecule has 0 radical (unpaired) electrons. The van der Waals surface area contributed by atoms with Gasteiger partial charge in [0.15, 0.2) is 0 Å². The highest BCUT2D eigenvalue weighted by Crippen LogP contribution is 2.29. The van der Waals surface area contributed by atoms with Crippen LogP contribution < -0.4 is 9.88 Å². The zero-order chi connectivity index (χ0) is 12.5. The second-order valence-corrected chi connectivity index (χ2v) is 5.77. The van der Waals surface area contributed by atoms with Crippen LogP contribution in [0, 0.1) is 11.7 Å². The summed E-state index contributed by atoms with van der Waals surface area (Å²) in [5.74, 6) is -0.0563. The molecule has 17 heavy (non-hydrogen) atoms. The van der Waals surface area contributed by atoms with Gasteiger partial charge < -0.3 is 4.74 Å². The van der Waals surface area contributed by atoms with Crippen LogP contribution in [0.2, 0.25) is 0 Å². The van der Waals surface area contributed by atoms with Crippen molar-refractivity contribution < 1.29 is 17.5 Å². The average molecular weight is 259 g/mol. The lowest BCUT2D eigenvalue weighted by Crippen LogP contribution is -2.21. The molecular weight excluding hydrogens is 245 g/mol. The van der Waals surface area contributed by atoms with Crippen LogP contribution in [-0.2, 0) is 10.0 Å². The van der Waals surface area contributed by atoms with Gasteiger partial charge in [0.05, 0.1) is 6.61 Å². The van der Waals surface area contributed by atoms with Crippen molar-refractivity contribution in [1.29, 1.82) is 0 Å². The second-order valence-electron chi connectivity index (χ2n) is 4.24. The summed E-state index contributed by atoms with van der Waals surface area (Å²) >= 11 is 0. The summed E-state index contributed by atoms with van der Waals surface area (Å²) in [7, 11) is -3.96. The normalized spacial score (nSPS) is 16.6. The van der Waals surface area contributed by atoms with Crippen LogP contribution in [0.5, 0.6) is 5.75 Å². The molecule has 0 saturated heterocycles. The van der Waals surface area contributed by atoms with Gasteiger partial charge in [-0.25, -0.2) is 17.9 Å². The van der Waals surface area contributed by atoms with Crippen molar-refractivity contribution in [3.05, 3.63) is 24.0 Å². The van der Waals surface area contributed by atoms with Gasteiger partial charge in [0, 0.05) is 0 Å². The number of rotatable bonds is 4. The molecule has 0 amide bonds. The predicted molar refractivity (Wildman–Crippen MR) is 60.6 cm³/mol. The Kier molecular flexibility index (Phi) is 3.35. The van der Waals surface area contributed by atoms with Gasteiger partial charge in [-0.2, -0.15) is 0 Å². The molecule has 1 aliphatic carbocycles. The van der Waals surface area contributed by atoms with Gasteiger partial charge in [0.1, 0.15) is 16.5 Å². The number of sulfonamides is 1. The van der Waals surface area contributed by atoms with Gasteiger partial charge in [0.25, 0.3) is 0 Å². The van der Waals surface area contributed by atoms with E-state index in [1.807, 2.05) is 0 Å². The van der Waals surface area contributed by atoms with Gasteiger partial charge >= 0.3 is 0 Å². The molecule has 2 rings (SSSR count). The van der Waals surface area contributed by atoms with Crippen LogP contribution in [0.3, 0.4) is 0 Å². The standard InChI is InChI=1S/C11H14FNO3S/c12-9-4-5-10(11(6-9)17(13,14)15)16-7-8-2-1-3-8/h4-6,8H,1-3,7H2,(H2,13,14,15). The number of hydrogen-bond acceptors (Lipinski definition) is 3. The largest absolute Gasteiger partial charge is 0.492 e. The summed E-state index contributed by atoms with van der Waals surface area (Å²) in [5.41, 5.74) is 0. The number of benzene rings is 1. The first kappa shape index (κ1) is 12.3. The average Bonchev–Trinajstić information content (AvgIpc) is 2.16. The molecule has 0 bridgehead atoms. The van der Waals surface area contributed by atoms with E-state index in [2.05, 4.69) is 0 Å². The molecule has 0 spiro atoms. The van der Waals surface area contributed by atoms with Gasteiger partial charge in [-0.3, -0.25) is 0 Å². The maximum Gasteiger partial charge on any atom is 0.241 e. The Morgan fingerprint density at radius 3 is 2.65 bits per heavy atom. The van der Waals surface area contributed by atoms with E-state index in [-0.39, 0.29) is 10.6 Å². The molecule has 1 aliphatic rings. The SMILES string of the molecule is NS(=O)(=O)c1cc(F)ccc1OCC1CCC1. The molecular formula is C11H14FNO3S. The van der Waals surface area contributed by atoms with Crippen LogP contribution in [0.1, 0.15) is 19.3 Å². The van der Waals surface area contributed by atoms with Crippen LogP contribution in [0.15, 0.2) is 23.1 Å². The number of primary sulfonamides is 1. The Hall–Kier alpha value is -1.14. The fraction of sp³-hybridized carbons (Fsp3) is 0.455. The molecule has 1 saturated carbocycles. The molecule has 0 heterocycles. The van der Waals surface area contributed by atoms with E-state index in [1.54, 1.807) is 0 Å². The summed E-state index contributed by atoms with van der Waals surface area (Å²) in [6.45, 7) is 0.453. The van der Waals surface area contributed by atoms with E-state index in [4.69, 9.17) is 9.88 Å². The number of halogens is 1. The third-order valence-corrected chi connectivity index (χ3v) is 3.84. The second kappa shape index (κ2) is 4.62. The Bertz CT molecular complexity index is 511. The smallest absolute Gasteiger partial charge is 0.241 e. The molecule has 1 aromatic carbocycles. The molecule has 0 aliphatic heterocycles. The van der Waals surface area contributed by atoms with Gasteiger partial charge in [-0.1, -0.05) is 6.42 Å². The molecule has 1 fully saturated rings. The highest BCUT2D eigenvalue weighted by Gasteiger charge is 2.21. The van der Waals surface area contributed by atoms with Crippen molar-refractivity contribution in [2.45, 2.75) is 24.2 Å². The number of hydrogen-bond donors (Lipinski definition) is 1. The fourth-order valence-corrected chi connectivity index (χ4v) is 2.37. The van der Waals surface area contributed by atoms with Crippen LogP contribution in [-0.4, -0.2) is 15.0 Å². The first-order valence-corrected chi connectivity index (χ1v) is 6.96. The van der Waals surface area contributed by atoms with Gasteiger partial charge in [-0.15, -0.1) is 0 Å². The van der Waals surface area contributed by atoms with Gasteiger partial charge in [0.2, 0.25) is 10.0 Å². The number of nitrogens with two attached hydrogens (primary N) is 1. The molecule has 6 heteroatoms. The Morgan fingerprint density at radius 1 is 1.41 bits per heavy atom. The highest BCUT2D eigenvalue weighted by molar-refractivity contribution is 7.89. The highest BCUT2D eigenvalue weighted by atomic mass is 32.2. The molecule has 4 nitrogen and oxygen atoms in total. The van der Waals surface area contributed by atoms with E-state index < -0.39 is 15.8 Å². The molecule has 1 aromatic rings. The summed E-state index contributed by atoms with van der Waals surface area (Å²) in [6.07, 6.45) is 3.36. The van der Waals surface area contributed by atoms with E-state index in [1.165, 1.54) is 12.5 Å². The van der Waals surface area contributed by atoms with Crippen molar-refractivity contribution >= 4 is 10.0 Å². The van der Waals surface area contributed by atoms with Gasteiger partial charge in [-0.05, 0) is 37.0 Å². The van der Waals surface area contributed by atoms with Crippen molar-refractivity contribution in [2.75, 3.05) is 6.61 Å². The summed E-state index contributed by atoms with van der Waals surface area (Å²) in [6, 6.07) is 3.34. The summed E-state index contributed by atoms with van der Waals surface area (Å²) < 4.78 is 40.9. The minimum Gasteiger partial charge on any atom is -0.492 e. The minimum absolute atomic E-state index is 0.126. The third kappa shape index (κ3) is 2.95. The van der Waals surface area contributed by atoms with E-state index in [9.17, 15) is 12.8 Å². The fourth-order valence-electron chi connectivity index (χ4n) is 1.69. The first-order valence-electron chi connectivity index (χ1n) is 5.42. The van der Waals surface area contributed by atoms with Crippen molar-refractivity contribution in [2.24, 2.45) is 11.1 Å². The Balaban J connectivity index is 2.19. The molecule has 0 atom stereocenters. The van der Waals surface area contributed by atoms with Crippen molar-refractivity contribution in [3.63, 3.8) is 0 Å². The Morgan fingerprint density at radius 2 is 2.12 bits per heavy atom. The minimum atomic E-state index is -3.96. The molecule has 0 unspecified atom stereocenters. The van der Waals surface area contributed by atoms with Crippen LogP contribution in [0.4, 0.5) is 4.39 Å². The summed E-state index contributed by atoms with van der Waals surface area (Å²) in [5, 5.41) is 5.00. The zero-order valence-electron chi connectivity index (χ0n) is 9.23. The first-order chi connectivity index (χ1) is 7.97. The maximum absolute atomic E-state index is 13.0. The van der Waals surface area contributed by atoms with Crippen molar-refractivity contribution in [3.8, 4) is 5.75 Å². The maximum atomic E-state index is 13.0. The third-order valence-electron chi connectivity index (χ3n) is 2.91. The number of ether oxygens (including phenoxy) is 1. The predicted octanol–water partition coefficient (Wildman–Crippen LogP) is 1.65. The molecule has 0 aromatic heterocycles. The molecule has 2 N–H and O–H groups in total. The quantitative estimate of drug-likeness (QED) is 0.893.